The minimum Gasteiger partial charge on any atom is -0.351 e. The number of benzene rings is 1. The summed E-state index contributed by atoms with van der Waals surface area (Å²) in [7, 11) is -3.46. The van der Waals surface area contributed by atoms with E-state index in [4.69, 9.17) is 11.6 Å². The number of piperidine rings is 1. The first-order valence-electron chi connectivity index (χ1n) is 9.18. The Bertz CT molecular complexity index is 895. The number of sulfonamides is 1. The highest BCUT2D eigenvalue weighted by atomic mass is 35.5. The number of amides is 1. The van der Waals surface area contributed by atoms with Gasteiger partial charge in [-0.05, 0) is 42.8 Å². The van der Waals surface area contributed by atoms with E-state index in [1.807, 2.05) is 25.1 Å². The predicted octanol–water partition coefficient (Wildman–Crippen LogP) is 2.85. The first-order valence-corrected chi connectivity index (χ1v) is 11.9. The number of halogens is 1. The zero-order valence-electron chi connectivity index (χ0n) is 15.6. The number of carbonyl (C=O) groups excluding carboxylic acids is 1. The van der Waals surface area contributed by atoms with E-state index in [0.717, 1.165) is 5.56 Å². The second kappa shape index (κ2) is 9.37. The van der Waals surface area contributed by atoms with Gasteiger partial charge in [0.25, 0.3) is 0 Å². The largest absolute Gasteiger partial charge is 0.351 e. The van der Waals surface area contributed by atoms with Crippen LogP contribution >= 0.6 is 22.9 Å². The maximum atomic E-state index is 12.5. The monoisotopic (exact) mass is 441 g/mol. The van der Waals surface area contributed by atoms with Crippen molar-refractivity contribution in [3.63, 3.8) is 0 Å². The van der Waals surface area contributed by atoms with Crippen LogP contribution in [0.2, 0.25) is 5.02 Å². The topological polar surface area (TPSA) is 78.5 Å². The van der Waals surface area contributed by atoms with E-state index in [1.54, 1.807) is 23.6 Å². The molecule has 1 amide bonds. The van der Waals surface area contributed by atoms with Crippen molar-refractivity contribution < 1.29 is 13.2 Å². The Balaban J connectivity index is 1.47. The van der Waals surface area contributed by atoms with E-state index in [-0.39, 0.29) is 18.0 Å². The standard InChI is InChI=1S/C19H24ClN3O3S2/c1-14(19(24)21-13-15-5-2-3-6-17(15)20)23-10-8-16(9-11-23)22-28(25,26)18-7-4-12-27-18/h2-7,12,14,16,22H,8-11,13H2,1H3,(H,21,24). The molecule has 0 radical (unpaired) electrons. The van der Waals surface area contributed by atoms with Crippen LogP contribution in [-0.2, 0) is 21.4 Å². The normalized spacial score (nSPS) is 17.4. The molecule has 2 aromatic rings. The van der Waals surface area contributed by atoms with E-state index < -0.39 is 10.0 Å². The lowest BCUT2D eigenvalue weighted by Gasteiger charge is -2.35. The zero-order chi connectivity index (χ0) is 20.1. The molecular formula is C19H24ClN3O3S2. The quantitative estimate of drug-likeness (QED) is 0.692. The molecule has 0 aliphatic carbocycles. The third-order valence-corrected chi connectivity index (χ3v) is 8.24. The Labute approximate surface area is 174 Å². The summed E-state index contributed by atoms with van der Waals surface area (Å²) in [6.45, 7) is 3.59. The molecule has 2 N–H and O–H groups in total. The van der Waals surface area contributed by atoms with Gasteiger partial charge in [-0.1, -0.05) is 35.9 Å². The van der Waals surface area contributed by atoms with Crippen LogP contribution in [0, 0.1) is 0 Å². The number of nitrogens with one attached hydrogen (secondary N) is 2. The first-order chi connectivity index (χ1) is 13.4. The van der Waals surface area contributed by atoms with Crippen LogP contribution in [0.3, 0.4) is 0 Å². The molecule has 1 atom stereocenters. The first kappa shape index (κ1) is 21.3. The third-order valence-electron chi connectivity index (χ3n) is 4.95. The van der Waals surface area contributed by atoms with Crippen LogP contribution in [0.4, 0.5) is 0 Å². The molecule has 6 nitrogen and oxygen atoms in total. The van der Waals surface area contributed by atoms with Gasteiger partial charge in [0.15, 0.2) is 0 Å². The van der Waals surface area contributed by atoms with Gasteiger partial charge in [-0.2, -0.15) is 0 Å². The van der Waals surface area contributed by atoms with Crippen LogP contribution in [0.1, 0.15) is 25.3 Å². The van der Waals surface area contributed by atoms with Gasteiger partial charge >= 0.3 is 0 Å². The Hall–Kier alpha value is -1.45. The van der Waals surface area contributed by atoms with Gasteiger partial charge in [-0.25, -0.2) is 13.1 Å². The van der Waals surface area contributed by atoms with E-state index in [1.165, 1.54) is 11.3 Å². The number of hydrogen-bond donors (Lipinski definition) is 2. The molecule has 9 heteroatoms. The molecule has 3 rings (SSSR count). The van der Waals surface area contributed by atoms with E-state index in [0.29, 0.717) is 41.7 Å². The van der Waals surface area contributed by atoms with Gasteiger partial charge in [-0.15, -0.1) is 11.3 Å². The molecule has 152 valence electrons. The Morgan fingerprint density at radius 3 is 2.61 bits per heavy atom. The van der Waals surface area contributed by atoms with Crippen molar-refractivity contribution >= 4 is 38.9 Å². The molecule has 1 aromatic carbocycles. The summed E-state index contributed by atoms with van der Waals surface area (Å²) in [5.41, 5.74) is 0.881. The van der Waals surface area contributed by atoms with Crippen molar-refractivity contribution in [2.45, 2.75) is 42.6 Å². The van der Waals surface area contributed by atoms with Gasteiger partial charge < -0.3 is 5.32 Å². The zero-order valence-corrected chi connectivity index (χ0v) is 18.0. The maximum Gasteiger partial charge on any atom is 0.250 e. The van der Waals surface area contributed by atoms with Gasteiger partial charge in [0.05, 0.1) is 6.04 Å². The molecule has 1 aliphatic heterocycles. The lowest BCUT2D eigenvalue weighted by atomic mass is 10.0. The van der Waals surface area contributed by atoms with Crippen molar-refractivity contribution in [2.24, 2.45) is 0 Å². The fourth-order valence-electron chi connectivity index (χ4n) is 3.24. The van der Waals surface area contributed by atoms with Crippen molar-refractivity contribution in [1.29, 1.82) is 0 Å². The molecule has 1 aromatic heterocycles. The van der Waals surface area contributed by atoms with Crippen molar-refractivity contribution in [3.05, 3.63) is 52.4 Å². The van der Waals surface area contributed by atoms with Crippen LogP contribution in [0.5, 0.6) is 0 Å². The Kier molecular flexibility index (Phi) is 7.11. The molecule has 0 saturated carbocycles. The highest BCUT2D eigenvalue weighted by Crippen LogP contribution is 2.20. The van der Waals surface area contributed by atoms with Crippen molar-refractivity contribution in [3.8, 4) is 0 Å². The van der Waals surface area contributed by atoms with Gasteiger partial charge in [0.1, 0.15) is 4.21 Å². The average Bonchev–Trinajstić information content (AvgIpc) is 3.23. The van der Waals surface area contributed by atoms with Crippen molar-refractivity contribution in [2.75, 3.05) is 13.1 Å². The molecule has 1 aliphatic rings. The number of carbonyl (C=O) groups is 1. The second-order valence-electron chi connectivity index (χ2n) is 6.85. The summed E-state index contributed by atoms with van der Waals surface area (Å²) in [5, 5.41) is 5.31. The molecule has 1 fully saturated rings. The third kappa shape index (κ3) is 5.33. The summed E-state index contributed by atoms with van der Waals surface area (Å²) in [6.07, 6.45) is 1.35. The number of rotatable bonds is 7. The number of likely N-dealkylation sites (tertiary alicyclic amines) is 1. The van der Waals surface area contributed by atoms with E-state index >= 15 is 0 Å². The maximum absolute atomic E-state index is 12.5. The highest BCUT2D eigenvalue weighted by molar-refractivity contribution is 7.91. The van der Waals surface area contributed by atoms with E-state index in [9.17, 15) is 13.2 Å². The Morgan fingerprint density at radius 1 is 1.25 bits per heavy atom. The lowest BCUT2D eigenvalue weighted by Crippen LogP contribution is -2.51. The predicted molar refractivity (Wildman–Crippen MR) is 112 cm³/mol. The summed E-state index contributed by atoms with van der Waals surface area (Å²) in [5.74, 6) is -0.0578. The van der Waals surface area contributed by atoms with E-state index in [2.05, 4.69) is 14.9 Å². The molecular weight excluding hydrogens is 418 g/mol. The summed E-state index contributed by atoms with van der Waals surface area (Å²) >= 11 is 7.33. The smallest absolute Gasteiger partial charge is 0.250 e. The number of thiophene rings is 1. The number of nitrogens with zero attached hydrogens (tertiary/aromatic N) is 1. The van der Waals surface area contributed by atoms with Gasteiger partial charge in [0.2, 0.25) is 15.9 Å². The van der Waals surface area contributed by atoms with Crippen LogP contribution in [-0.4, -0.2) is 44.4 Å². The minimum atomic E-state index is -3.46. The molecule has 28 heavy (non-hydrogen) atoms. The molecule has 0 bridgehead atoms. The summed E-state index contributed by atoms with van der Waals surface area (Å²) in [6, 6.07) is 10.4. The molecule has 2 heterocycles. The summed E-state index contributed by atoms with van der Waals surface area (Å²) in [4.78, 5) is 14.6. The average molecular weight is 442 g/mol. The van der Waals surface area contributed by atoms with Crippen LogP contribution in [0.25, 0.3) is 0 Å². The number of hydrogen-bond acceptors (Lipinski definition) is 5. The van der Waals surface area contributed by atoms with Crippen molar-refractivity contribution in [1.82, 2.24) is 14.9 Å². The lowest BCUT2D eigenvalue weighted by molar-refractivity contribution is -0.126. The fourth-order valence-corrected chi connectivity index (χ4v) is 5.75. The fraction of sp³-hybridized carbons (Fsp3) is 0.421. The van der Waals surface area contributed by atoms with Gasteiger partial charge in [-0.3, -0.25) is 9.69 Å². The van der Waals surface area contributed by atoms with Crippen LogP contribution < -0.4 is 10.0 Å². The molecule has 1 unspecified atom stereocenters. The second-order valence-corrected chi connectivity index (χ2v) is 10.1. The van der Waals surface area contributed by atoms with Gasteiger partial charge in [0, 0.05) is 30.7 Å². The minimum absolute atomic E-state index is 0.0578. The summed E-state index contributed by atoms with van der Waals surface area (Å²) < 4.78 is 27.8. The molecule has 1 saturated heterocycles. The Morgan fingerprint density at radius 2 is 1.96 bits per heavy atom. The molecule has 0 spiro atoms. The SMILES string of the molecule is CC(C(=O)NCc1ccccc1Cl)N1CCC(NS(=O)(=O)c2cccs2)CC1. The highest BCUT2D eigenvalue weighted by Gasteiger charge is 2.29. The van der Waals surface area contributed by atoms with Crippen LogP contribution in [0.15, 0.2) is 46.0 Å².